The summed E-state index contributed by atoms with van der Waals surface area (Å²) in [5.74, 6) is 0. The van der Waals surface area contributed by atoms with Gasteiger partial charge in [0.25, 0.3) is 0 Å². The summed E-state index contributed by atoms with van der Waals surface area (Å²) < 4.78 is 5.02. The molecule has 1 aliphatic carbocycles. The van der Waals surface area contributed by atoms with Crippen molar-refractivity contribution in [3.8, 4) is 0 Å². The molecule has 0 unspecified atom stereocenters. The summed E-state index contributed by atoms with van der Waals surface area (Å²) in [7, 11) is 3.82. The quantitative estimate of drug-likeness (QED) is 0.684. The number of aliphatic hydroxyl groups is 1. The van der Waals surface area contributed by atoms with Crippen molar-refractivity contribution >= 4 is 0 Å². The van der Waals surface area contributed by atoms with Crippen LogP contribution in [0.4, 0.5) is 0 Å². The molecule has 90 valence electrons. The van der Waals surface area contributed by atoms with E-state index in [-0.39, 0.29) is 0 Å². The smallest absolute Gasteiger partial charge is 0.0774 e. The lowest BCUT2D eigenvalue weighted by Crippen LogP contribution is -2.43. The summed E-state index contributed by atoms with van der Waals surface area (Å²) in [5.41, 5.74) is -0.417. The van der Waals surface area contributed by atoms with E-state index in [0.717, 1.165) is 39.0 Å². The maximum absolute atomic E-state index is 10.3. The van der Waals surface area contributed by atoms with Crippen molar-refractivity contribution in [2.45, 2.75) is 44.1 Å². The summed E-state index contributed by atoms with van der Waals surface area (Å²) in [6.45, 7) is 2.63. The first kappa shape index (κ1) is 12.9. The first-order valence-corrected chi connectivity index (χ1v) is 6.06. The lowest BCUT2D eigenvalue weighted by Gasteiger charge is -2.35. The predicted octanol–water partition coefficient (Wildman–Crippen LogP) is 1.65. The van der Waals surface area contributed by atoms with Gasteiger partial charge < -0.3 is 14.7 Å². The lowest BCUT2D eigenvalue weighted by molar-refractivity contribution is -0.0218. The van der Waals surface area contributed by atoms with Gasteiger partial charge in [0.1, 0.15) is 0 Å². The maximum Gasteiger partial charge on any atom is 0.0774 e. The number of nitrogens with zero attached hydrogens (tertiary/aromatic N) is 1. The van der Waals surface area contributed by atoms with Crippen molar-refractivity contribution in [3.63, 3.8) is 0 Å². The Balaban J connectivity index is 2.20. The van der Waals surface area contributed by atoms with Gasteiger partial charge in [-0.25, -0.2) is 0 Å². The van der Waals surface area contributed by atoms with Crippen molar-refractivity contribution in [3.05, 3.63) is 0 Å². The molecule has 3 nitrogen and oxygen atoms in total. The van der Waals surface area contributed by atoms with Crippen molar-refractivity contribution in [2.75, 3.05) is 33.9 Å². The molecule has 0 bridgehead atoms. The molecule has 0 saturated heterocycles. The molecule has 3 heteroatoms. The fourth-order valence-corrected chi connectivity index (χ4v) is 2.43. The molecule has 0 atom stereocenters. The number of likely N-dealkylation sites (N-methyl/N-ethyl adjacent to an activating group) is 1. The van der Waals surface area contributed by atoms with Gasteiger partial charge in [-0.2, -0.15) is 0 Å². The van der Waals surface area contributed by atoms with Gasteiger partial charge in [-0.15, -0.1) is 0 Å². The molecule has 1 fully saturated rings. The molecule has 1 rings (SSSR count). The van der Waals surface area contributed by atoms with Crippen molar-refractivity contribution in [2.24, 2.45) is 0 Å². The standard InChI is InChI=1S/C12H25NO2/c1-13(9-6-10-15-2)11-12(14)7-4-3-5-8-12/h14H,3-11H2,1-2H3. The number of hydrogen-bond donors (Lipinski definition) is 1. The third-order valence-corrected chi connectivity index (χ3v) is 3.24. The number of hydrogen-bond acceptors (Lipinski definition) is 3. The van der Waals surface area contributed by atoms with Crippen LogP contribution in [-0.4, -0.2) is 49.5 Å². The van der Waals surface area contributed by atoms with Gasteiger partial charge in [0.2, 0.25) is 0 Å². The Morgan fingerprint density at radius 3 is 2.53 bits per heavy atom. The van der Waals surface area contributed by atoms with E-state index in [1.54, 1.807) is 7.11 Å². The summed E-state index contributed by atoms with van der Waals surface area (Å²) >= 11 is 0. The van der Waals surface area contributed by atoms with E-state index in [1.807, 2.05) is 0 Å². The summed E-state index contributed by atoms with van der Waals surface area (Å²) in [5, 5.41) is 10.3. The van der Waals surface area contributed by atoms with Gasteiger partial charge in [0.15, 0.2) is 0 Å². The van der Waals surface area contributed by atoms with Crippen LogP contribution in [0.2, 0.25) is 0 Å². The van der Waals surface area contributed by atoms with Crippen LogP contribution in [0, 0.1) is 0 Å². The average molecular weight is 215 g/mol. The highest BCUT2D eigenvalue weighted by Crippen LogP contribution is 2.28. The Hall–Kier alpha value is -0.120. The van der Waals surface area contributed by atoms with E-state index < -0.39 is 5.60 Å². The highest BCUT2D eigenvalue weighted by atomic mass is 16.5. The highest BCUT2D eigenvalue weighted by molar-refractivity contribution is 4.84. The Kier molecular flexibility index (Phi) is 5.58. The molecule has 0 amide bonds. The number of rotatable bonds is 6. The number of methoxy groups -OCH3 is 1. The Bertz CT molecular complexity index is 167. The Morgan fingerprint density at radius 2 is 1.93 bits per heavy atom. The zero-order valence-electron chi connectivity index (χ0n) is 10.2. The molecule has 0 aromatic heterocycles. The molecule has 1 saturated carbocycles. The normalized spacial score (nSPS) is 20.8. The van der Waals surface area contributed by atoms with Crippen molar-refractivity contribution < 1.29 is 9.84 Å². The van der Waals surface area contributed by atoms with Crippen LogP contribution < -0.4 is 0 Å². The molecule has 1 aliphatic rings. The minimum Gasteiger partial charge on any atom is -0.389 e. The van der Waals surface area contributed by atoms with E-state index in [9.17, 15) is 5.11 Å². The molecule has 0 aromatic rings. The first-order chi connectivity index (χ1) is 7.16. The SMILES string of the molecule is COCCCN(C)CC1(O)CCCCC1. The zero-order valence-corrected chi connectivity index (χ0v) is 10.2. The minimum absolute atomic E-state index is 0.417. The second-order valence-corrected chi connectivity index (χ2v) is 4.87. The third kappa shape index (κ3) is 4.96. The predicted molar refractivity (Wildman–Crippen MR) is 62.0 cm³/mol. The van der Waals surface area contributed by atoms with Crippen LogP contribution in [0.25, 0.3) is 0 Å². The molecule has 0 radical (unpaired) electrons. The van der Waals surface area contributed by atoms with E-state index in [0.29, 0.717) is 0 Å². The van der Waals surface area contributed by atoms with Gasteiger partial charge in [0.05, 0.1) is 5.60 Å². The van der Waals surface area contributed by atoms with Gasteiger partial charge in [-0.3, -0.25) is 0 Å². The van der Waals surface area contributed by atoms with Crippen molar-refractivity contribution in [1.29, 1.82) is 0 Å². The molecule has 0 aliphatic heterocycles. The second-order valence-electron chi connectivity index (χ2n) is 4.87. The van der Waals surface area contributed by atoms with E-state index in [2.05, 4.69) is 11.9 Å². The molecular weight excluding hydrogens is 190 g/mol. The van der Waals surface area contributed by atoms with E-state index in [1.165, 1.54) is 19.3 Å². The third-order valence-electron chi connectivity index (χ3n) is 3.24. The van der Waals surface area contributed by atoms with Crippen LogP contribution in [0.5, 0.6) is 0 Å². The van der Waals surface area contributed by atoms with E-state index in [4.69, 9.17) is 4.74 Å². The average Bonchev–Trinajstić information content (AvgIpc) is 2.18. The Labute approximate surface area is 93.4 Å². The maximum atomic E-state index is 10.3. The summed E-state index contributed by atoms with van der Waals surface area (Å²) in [6, 6.07) is 0. The van der Waals surface area contributed by atoms with Gasteiger partial charge in [0, 0.05) is 26.8 Å². The largest absolute Gasteiger partial charge is 0.389 e. The highest BCUT2D eigenvalue weighted by Gasteiger charge is 2.29. The van der Waals surface area contributed by atoms with Crippen LogP contribution in [0.15, 0.2) is 0 Å². The molecule has 1 N–H and O–H groups in total. The van der Waals surface area contributed by atoms with E-state index >= 15 is 0 Å². The Morgan fingerprint density at radius 1 is 1.27 bits per heavy atom. The molecule has 15 heavy (non-hydrogen) atoms. The van der Waals surface area contributed by atoms with Gasteiger partial charge in [-0.1, -0.05) is 19.3 Å². The summed E-state index contributed by atoms with van der Waals surface area (Å²) in [6.07, 6.45) is 6.65. The minimum atomic E-state index is -0.417. The second kappa shape index (κ2) is 6.46. The monoisotopic (exact) mass is 215 g/mol. The fraction of sp³-hybridized carbons (Fsp3) is 1.00. The molecular formula is C12H25NO2. The lowest BCUT2D eigenvalue weighted by atomic mass is 9.84. The number of ether oxygens (including phenoxy) is 1. The zero-order chi connectivity index (χ0) is 11.1. The van der Waals surface area contributed by atoms with Crippen LogP contribution in [0.3, 0.4) is 0 Å². The molecule has 0 heterocycles. The first-order valence-electron chi connectivity index (χ1n) is 6.06. The topological polar surface area (TPSA) is 32.7 Å². The van der Waals surface area contributed by atoms with Crippen LogP contribution in [0.1, 0.15) is 38.5 Å². The van der Waals surface area contributed by atoms with Crippen LogP contribution >= 0.6 is 0 Å². The van der Waals surface area contributed by atoms with Crippen molar-refractivity contribution in [1.82, 2.24) is 4.90 Å². The summed E-state index contributed by atoms with van der Waals surface area (Å²) in [4.78, 5) is 2.23. The van der Waals surface area contributed by atoms with Gasteiger partial charge in [-0.05, 0) is 26.3 Å². The molecule has 0 aromatic carbocycles. The molecule has 0 spiro atoms. The van der Waals surface area contributed by atoms with Gasteiger partial charge >= 0.3 is 0 Å². The van der Waals surface area contributed by atoms with Crippen LogP contribution in [-0.2, 0) is 4.74 Å². The fourth-order valence-electron chi connectivity index (χ4n) is 2.43.